The molecule has 98 valence electrons. The van der Waals surface area contributed by atoms with Crippen LogP contribution < -0.4 is 5.32 Å². The van der Waals surface area contributed by atoms with Gasteiger partial charge in [0.25, 0.3) is 0 Å². The van der Waals surface area contributed by atoms with Gasteiger partial charge in [0.2, 0.25) is 0 Å². The van der Waals surface area contributed by atoms with Gasteiger partial charge in [0.15, 0.2) is 5.17 Å². The molecule has 2 fully saturated rings. The predicted molar refractivity (Wildman–Crippen MR) is 74.8 cm³/mol. The van der Waals surface area contributed by atoms with Crippen molar-refractivity contribution < 1.29 is 4.74 Å². The lowest BCUT2D eigenvalue weighted by Crippen LogP contribution is -2.46. The van der Waals surface area contributed by atoms with Crippen molar-refractivity contribution in [3.8, 4) is 0 Å². The summed E-state index contributed by atoms with van der Waals surface area (Å²) in [6.07, 6.45) is 5.34. The van der Waals surface area contributed by atoms with Gasteiger partial charge in [-0.05, 0) is 38.5 Å². The number of aliphatic imine (C=N–C) groups is 1. The molecular formula is C13H24N2OS. The Morgan fingerprint density at radius 2 is 2.24 bits per heavy atom. The third kappa shape index (κ3) is 3.62. The first-order chi connectivity index (χ1) is 8.24. The van der Waals surface area contributed by atoms with Crippen molar-refractivity contribution in [3.05, 3.63) is 0 Å². The maximum Gasteiger partial charge on any atom is 0.157 e. The molecule has 4 heteroatoms. The van der Waals surface area contributed by atoms with Gasteiger partial charge in [0.05, 0.1) is 13.2 Å². The quantitative estimate of drug-likeness (QED) is 0.785. The number of nitrogens with zero attached hydrogens (tertiary/aromatic N) is 1. The molecule has 0 amide bonds. The van der Waals surface area contributed by atoms with E-state index < -0.39 is 0 Å². The fraction of sp³-hybridized carbons (Fsp3) is 0.923. The van der Waals surface area contributed by atoms with Crippen molar-refractivity contribution in [1.29, 1.82) is 0 Å². The first kappa shape index (κ1) is 13.2. The molecule has 0 radical (unpaired) electrons. The Labute approximate surface area is 109 Å². The Kier molecular flexibility index (Phi) is 4.74. The number of hydrogen-bond donors (Lipinski definition) is 1. The van der Waals surface area contributed by atoms with Crippen LogP contribution in [0.3, 0.4) is 0 Å². The molecule has 0 aromatic heterocycles. The van der Waals surface area contributed by atoms with Crippen molar-refractivity contribution in [2.75, 3.05) is 25.5 Å². The molecular weight excluding hydrogens is 232 g/mol. The lowest BCUT2D eigenvalue weighted by molar-refractivity contribution is 0.155. The molecule has 1 heterocycles. The number of amidine groups is 1. The van der Waals surface area contributed by atoms with E-state index in [2.05, 4.69) is 17.2 Å². The molecule has 1 aliphatic heterocycles. The number of thioether (sulfide) groups is 1. The Bertz CT molecular complexity index is 273. The van der Waals surface area contributed by atoms with Crippen LogP contribution in [0, 0.1) is 5.92 Å². The predicted octanol–water partition coefficient (Wildman–Crippen LogP) is 2.66. The van der Waals surface area contributed by atoms with Gasteiger partial charge in [-0.3, -0.25) is 4.99 Å². The molecule has 1 aliphatic carbocycles. The van der Waals surface area contributed by atoms with Crippen LogP contribution in [0.15, 0.2) is 4.99 Å². The highest BCUT2D eigenvalue weighted by Gasteiger charge is 2.39. The van der Waals surface area contributed by atoms with E-state index in [1.165, 1.54) is 31.4 Å². The summed E-state index contributed by atoms with van der Waals surface area (Å²) >= 11 is 1.89. The highest BCUT2D eigenvalue weighted by molar-refractivity contribution is 8.14. The van der Waals surface area contributed by atoms with Crippen molar-refractivity contribution in [2.45, 2.75) is 45.1 Å². The maximum absolute atomic E-state index is 5.30. The summed E-state index contributed by atoms with van der Waals surface area (Å²) in [7, 11) is 0. The summed E-state index contributed by atoms with van der Waals surface area (Å²) in [6.45, 7) is 6.70. The van der Waals surface area contributed by atoms with Crippen molar-refractivity contribution >= 4 is 16.9 Å². The Morgan fingerprint density at radius 3 is 2.94 bits per heavy atom. The maximum atomic E-state index is 5.30. The number of ether oxygens (including phenoxy) is 1. The van der Waals surface area contributed by atoms with Crippen molar-refractivity contribution in [3.63, 3.8) is 0 Å². The van der Waals surface area contributed by atoms with Gasteiger partial charge in [-0.2, -0.15) is 0 Å². The number of rotatable bonds is 4. The standard InChI is InChI=1S/C13H24N2OS/c1-3-16-9-8-14-12-15-13(10-17-12)6-4-11(2)5-7-13/h11H,3-10H2,1-2H3,(H,14,15). The van der Waals surface area contributed by atoms with E-state index in [1.54, 1.807) is 0 Å². The average molecular weight is 256 g/mol. The minimum atomic E-state index is 0.363. The number of hydrogen-bond acceptors (Lipinski definition) is 3. The monoisotopic (exact) mass is 256 g/mol. The lowest BCUT2D eigenvalue weighted by atomic mass is 9.78. The second-order valence-electron chi connectivity index (χ2n) is 5.26. The van der Waals surface area contributed by atoms with Crippen LogP contribution in [0.2, 0.25) is 0 Å². The fourth-order valence-corrected chi connectivity index (χ4v) is 3.78. The minimum absolute atomic E-state index is 0.363. The van der Waals surface area contributed by atoms with E-state index >= 15 is 0 Å². The van der Waals surface area contributed by atoms with Crippen molar-refractivity contribution in [1.82, 2.24) is 5.32 Å². The molecule has 2 aliphatic rings. The summed E-state index contributed by atoms with van der Waals surface area (Å²) in [6, 6.07) is 0. The third-order valence-electron chi connectivity index (χ3n) is 3.78. The van der Waals surface area contributed by atoms with Gasteiger partial charge in [-0.15, -0.1) is 0 Å². The molecule has 17 heavy (non-hydrogen) atoms. The van der Waals surface area contributed by atoms with Crippen molar-refractivity contribution in [2.24, 2.45) is 10.9 Å². The average Bonchev–Trinajstić information content (AvgIpc) is 2.73. The molecule has 3 nitrogen and oxygen atoms in total. The van der Waals surface area contributed by atoms with E-state index in [0.29, 0.717) is 5.54 Å². The van der Waals surface area contributed by atoms with Crippen LogP contribution in [-0.2, 0) is 4.74 Å². The summed E-state index contributed by atoms with van der Waals surface area (Å²) in [4.78, 5) is 4.57. The topological polar surface area (TPSA) is 33.6 Å². The summed E-state index contributed by atoms with van der Waals surface area (Å²) in [5.74, 6) is 2.11. The first-order valence-electron chi connectivity index (χ1n) is 6.77. The molecule has 0 aromatic carbocycles. The van der Waals surface area contributed by atoms with Crippen LogP contribution in [0.5, 0.6) is 0 Å². The molecule has 2 rings (SSSR count). The van der Waals surface area contributed by atoms with E-state index in [0.717, 1.165) is 30.8 Å². The van der Waals surface area contributed by atoms with Gasteiger partial charge >= 0.3 is 0 Å². The summed E-state index contributed by atoms with van der Waals surface area (Å²) < 4.78 is 5.30. The van der Waals surface area contributed by atoms with Gasteiger partial charge < -0.3 is 10.1 Å². The second kappa shape index (κ2) is 6.10. The van der Waals surface area contributed by atoms with Gasteiger partial charge in [0, 0.05) is 17.9 Å². The molecule has 1 N–H and O–H groups in total. The van der Waals surface area contributed by atoms with Crippen LogP contribution in [0.25, 0.3) is 0 Å². The molecule has 0 aromatic rings. The SMILES string of the molecule is CCOCCN=C1NC2(CCC(C)CC2)CS1. The highest BCUT2D eigenvalue weighted by Crippen LogP contribution is 2.38. The van der Waals surface area contributed by atoms with Crippen LogP contribution in [0.4, 0.5) is 0 Å². The Hall–Kier alpha value is -0.220. The van der Waals surface area contributed by atoms with Crippen LogP contribution in [-0.4, -0.2) is 36.2 Å². The highest BCUT2D eigenvalue weighted by atomic mass is 32.2. The molecule has 0 bridgehead atoms. The molecule has 1 saturated carbocycles. The van der Waals surface area contributed by atoms with Crippen LogP contribution in [0.1, 0.15) is 39.5 Å². The summed E-state index contributed by atoms with van der Waals surface area (Å²) in [5, 5.41) is 4.80. The third-order valence-corrected chi connectivity index (χ3v) is 4.99. The smallest absolute Gasteiger partial charge is 0.157 e. The zero-order valence-electron chi connectivity index (χ0n) is 11.0. The first-order valence-corrected chi connectivity index (χ1v) is 7.76. The molecule has 0 unspecified atom stereocenters. The number of nitrogens with one attached hydrogen (secondary N) is 1. The largest absolute Gasteiger partial charge is 0.380 e. The van der Waals surface area contributed by atoms with Gasteiger partial charge in [0.1, 0.15) is 0 Å². The second-order valence-corrected chi connectivity index (χ2v) is 6.22. The van der Waals surface area contributed by atoms with E-state index in [1.807, 2.05) is 18.7 Å². The van der Waals surface area contributed by atoms with Gasteiger partial charge in [-0.25, -0.2) is 0 Å². The fourth-order valence-electron chi connectivity index (χ4n) is 2.53. The molecule has 1 saturated heterocycles. The van der Waals surface area contributed by atoms with E-state index in [9.17, 15) is 0 Å². The van der Waals surface area contributed by atoms with E-state index in [4.69, 9.17) is 4.74 Å². The van der Waals surface area contributed by atoms with Gasteiger partial charge in [-0.1, -0.05) is 18.7 Å². The zero-order valence-corrected chi connectivity index (χ0v) is 11.8. The zero-order chi connectivity index (χ0) is 12.1. The Morgan fingerprint density at radius 1 is 1.47 bits per heavy atom. The molecule has 1 spiro atoms. The minimum Gasteiger partial charge on any atom is -0.380 e. The molecule has 0 atom stereocenters. The van der Waals surface area contributed by atoms with Crippen LogP contribution >= 0.6 is 11.8 Å². The lowest BCUT2D eigenvalue weighted by Gasteiger charge is -2.35. The normalized spacial score (nSPS) is 35.4. The van der Waals surface area contributed by atoms with E-state index in [-0.39, 0.29) is 0 Å². The Balaban J connectivity index is 1.78. The summed E-state index contributed by atoms with van der Waals surface area (Å²) in [5.41, 5.74) is 0.363.